The first-order valence-electron chi connectivity index (χ1n) is 10.4. The van der Waals surface area contributed by atoms with Crippen molar-refractivity contribution >= 4 is 23.5 Å². The van der Waals surface area contributed by atoms with Crippen molar-refractivity contribution < 1.29 is 9.59 Å². The molecule has 1 N–H and O–H groups in total. The third-order valence-corrected chi connectivity index (χ3v) is 5.28. The number of tetrazole rings is 1. The Morgan fingerprint density at radius 3 is 2.47 bits per heavy atom. The highest BCUT2D eigenvalue weighted by Gasteiger charge is 2.23. The largest absolute Gasteiger partial charge is 0.345 e. The van der Waals surface area contributed by atoms with Crippen LogP contribution in [0.15, 0.2) is 54.6 Å². The second kappa shape index (κ2) is 9.56. The number of rotatable bonds is 6. The van der Waals surface area contributed by atoms with Crippen LogP contribution in [0.2, 0.25) is 0 Å². The lowest BCUT2D eigenvalue weighted by Gasteiger charge is -2.34. The fraction of sp³-hybridized carbons (Fsp3) is 0.318. The number of piperazine rings is 1. The Kier molecular flexibility index (Phi) is 6.41. The number of anilines is 2. The summed E-state index contributed by atoms with van der Waals surface area (Å²) in [4.78, 5) is 30.4. The summed E-state index contributed by atoms with van der Waals surface area (Å²) in [5.74, 6) is 0.486. The van der Waals surface area contributed by atoms with Crippen LogP contribution in [0.5, 0.6) is 0 Å². The molecule has 4 rings (SSSR count). The third-order valence-electron chi connectivity index (χ3n) is 5.28. The van der Waals surface area contributed by atoms with Crippen LogP contribution in [0.4, 0.5) is 11.6 Å². The number of hydrogen-bond acceptors (Lipinski definition) is 7. The van der Waals surface area contributed by atoms with E-state index in [0.717, 1.165) is 5.69 Å². The molecule has 3 aromatic rings. The van der Waals surface area contributed by atoms with Gasteiger partial charge in [-0.3, -0.25) is 14.5 Å². The van der Waals surface area contributed by atoms with Crippen molar-refractivity contribution in [3.05, 3.63) is 60.2 Å². The fourth-order valence-corrected chi connectivity index (χ4v) is 3.61. The molecule has 166 valence electrons. The molecule has 1 saturated heterocycles. The van der Waals surface area contributed by atoms with E-state index in [9.17, 15) is 9.59 Å². The van der Waals surface area contributed by atoms with E-state index < -0.39 is 0 Å². The second-order valence-electron chi connectivity index (χ2n) is 7.82. The Morgan fingerprint density at radius 2 is 1.75 bits per heavy atom. The fourth-order valence-electron chi connectivity index (χ4n) is 3.61. The average Bonchev–Trinajstić information content (AvgIpc) is 3.29. The average molecular weight is 435 g/mol. The minimum Gasteiger partial charge on any atom is -0.345 e. The molecule has 0 aliphatic carbocycles. The zero-order valence-corrected chi connectivity index (χ0v) is 18.2. The Balaban J connectivity index is 1.32. The summed E-state index contributed by atoms with van der Waals surface area (Å²) in [6, 6.07) is 16.7. The lowest BCUT2D eigenvalue weighted by atomic mass is 10.2. The molecule has 2 aromatic carbocycles. The molecular weight excluding hydrogens is 408 g/mol. The lowest BCUT2D eigenvalue weighted by molar-refractivity contribution is -0.117. The molecule has 0 radical (unpaired) electrons. The van der Waals surface area contributed by atoms with Gasteiger partial charge >= 0.3 is 0 Å². The first-order valence-corrected chi connectivity index (χ1v) is 10.4. The zero-order valence-electron chi connectivity index (χ0n) is 18.2. The van der Waals surface area contributed by atoms with Gasteiger partial charge in [-0.25, -0.2) is 0 Å². The van der Waals surface area contributed by atoms with E-state index >= 15 is 0 Å². The zero-order chi connectivity index (χ0) is 22.5. The predicted octanol–water partition coefficient (Wildman–Crippen LogP) is 1.12. The van der Waals surface area contributed by atoms with Crippen LogP contribution in [0.25, 0.3) is 5.69 Å². The van der Waals surface area contributed by atoms with Gasteiger partial charge in [0.2, 0.25) is 11.9 Å². The van der Waals surface area contributed by atoms with Gasteiger partial charge in [0.1, 0.15) is 0 Å². The van der Waals surface area contributed by atoms with Crippen molar-refractivity contribution in [2.45, 2.75) is 0 Å². The molecule has 1 aliphatic heterocycles. The molecule has 0 unspecified atom stereocenters. The summed E-state index contributed by atoms with van der Waals surface area (Å²) < 4.78 is 1.73. The molecule has 0 spiro atoms. The number of benzene rings is 2. The van der Waals surface area contributed by atoms with Gasteiger partial charge in [0, 0.05) is 51.5 Å². The number of para-hydroxylation sites is 1. The van der Waals surface area contributed by atoms with Crippen molar-refractivity contribution in [3.8, 4) is 5.69 Å². The molecule has 0 saturated carbocycles. The number of aromatic nitrogens is 4. The Morgan fingerprint density at radius 1 is 1.00 bits per heavy atom. The van der Waals surface area contributed by atoms with Crippen molar-refractivity contribution in [2.75, 3.05) is 57.0 Å². The maximum Gasteiger partial charge on any atom is 0.253 e. The minimum absolute atomic E-state index is 0.102. The molecule has 2 heterocycles. The number of carbonyl (C=O) groups is 2. The Bertz CT molecular complexity index is 1070. The van der Waals surface area contributed by atoms with Crippen LogP contribution in [-0.4, -0.2) is 88.6 Å². The van der Waals surface area contributed by atoms with E-state index in [1.54, 1.807) is 43.0 Å². The summed E-state index contributed by atoms with van der Waals surface area (Å²) in [6.07, 6.45) is 0. The van der Waals surface area contributed by atoms with Gasteiger partial charge in [0.05, 0.1) is 12.2 Å². The molecule has 1 aromatic heterocycles. The van der Waals surface area contributed by atoms with Gasteiger partial charge < -0.3 is 15.1 Å². The van der Waals surface area contributed by atoms with E-state index in [2.05, 4.69) is 30.6 Å². The highest BCUT2D eigenvalue weighted by Crippen LogP contribution is 2.17. The van der Waals surface area contributed by atoms with Crippen LogP contribution in [-0.2, 0) is 4.79 Å². The first-order chi connectivity index (χ1) is 15.5. The molecule has 10 heteroatoms. The summed E-state index contributed by atoms with van der Waals surface area (Å²) >= 11 is 0. The van der Waals surface area contributed by atoms with E-state index in [-0.39, 0.29) is 18.4 Å². The molecule has 0 bridgehead atoms. The van der Waals surface area contributed by atoms with Crippen molar-refractivity contribution in [1.29, 1.82) is 0 Å². The maximum atomic E-state index is 12.5. The van der Waals surface area contributed by atoms with Gasteiger partial charge in [-0.1, -0.05) is 29.4 Å². The van der Waals surface area contributed by atoms with Gasteiger partial charge in [-0.2, -0.15) is 4.68 Å². The first kappa shape index (κ1) is 21.4. The standard InChI is InChI=1S/C22H26N8O2/c1-27(2)21(32)17-7-6-8-18(15-17)23-20(31)16-28-11-13-29(14-12-28)22-24-25-26-30(22)19-9-4-3-5-10-19/h3-10,15H,11-14,16H2,1-2H3,(H,23,31). The summed E-state index contributed by atoms with van der Waals surface area (Å²) in [7, 11) is 3.40. The molecule has 10 nitrogen and oxygen atoms in total. The van der Waals surface area contributed by atoms with Gasteiger partial charge in [-0.05, 0) is 40.8 Å². The molecule has 1 fully saturated rings. The Hall–Kier alpha value is -3.79. The van der Waals surface area contributed by atoms with Gasteiger partial charge in [0.25, 0.3) is 5.91 Å². The Labute approximate surface area is 186 Å². The molecule has 2 amide bonds. The normalized spacial score (nSPS) is 14.2. The van der Waals surface area contributed by atoms with Gasteiger partial charge in [0.15, 0.2) is 0 Å². The quantitative estimate of drug-likeness (QED) is 0.621. The second-order valence-corrected chi connectivity index (χ2v) is 7.82. The highest BCUT2D eigenvalue weighted by atomic mass is 16.2. The molecule has 32 heavy (non-hydrogen) atoms. The molecule has 1 aliphatic rings. The maximum absolute atomic E-state index is 12.5. The topological polar surface area (TPSA) is 99.5 Å². The van der Waals surface area contributed by atoms with Crippen LogP contribution in [0, 0.1) is 0 Å². The summed E-state index contributed by atoms with van der Waals surface area (Å²) in [5.41, 5.74) is 2.06. The minimum atomic E-state index is -0.109. The molecular formula is C22H26N8O2. The van der Waals surface area contributed by atoms with E-state index in [1.807, 2.05) is 30.3 Å². The van der Waals surface area contributed by atoms with E-state index in [1.165, 1.54) is 4.90 Å². The van der Waals surface area contributed by atoms with Crippen molar-refractivity contribution in [1.82, 2.24) is 30.0 Å². The van der Waals surface area contributed by atoms with Crippen molar-refractivity contribution in [3.63, 3.8) is 0 Å². The SMILES string of the molecule is CN(C)C(=O)c1cccc(NC(=O)CN2CCN(c3nnnn3-c3ccccc3)CC2)c1. The lowest BCUT2D eigenvalue weighted by Crippen LogP contribution is -2.49. The monoisotopic (exact) mass is 434 g/mol. The number of nitrogens with one attached hydrogen (secondary N) is 1. The van der Waals surface area contributed by atoms with E-state index in [0.29, 0.717) is 43.4 Å². The van der Waals surface area contributed by atoms with E-state index in [4.69, 9.17) is 0 Å². The van der Waals surface area contributed by atoms with Crippen LogP contribution >= 0.6 is 0 Å². The highest BCUT2D eigenvalue weighted by molar-refractivity contribution is 5.97. The van der Waals surface area contributed by atoms with Crippen LogP contribution in [0.1, 0.15) is 10.4 Å². The number of amides is 2. The predicted molar refractivity (Wildman–Crippen MR) is 121 cm³/mol. The van der Waals surface area contributed by atoms with Crippen LogP contribution < -0.4 is 10.2 Å². The number of hydrogen-bond donors (Lipinski definition) is 1. The van der Waals surface area contributed by atoms with Crippen LogP contribution in [0.3, 0.4) is 0 Å². The number of nitrogens with zero attached hydrogens (tertiary/aromatic N) is 7. The molecule has 0 atom stereocenters. The van der Waals surface area contributed by atoms with Crippen molar-refractivity contribution in [2.24, 2.45) is 0 Å². The van der Waals surface area contributed by atoms with Gasteiger partial charge in [-0.15, -0.1) is 0 Å². The third kappa shape index (κ3) is 4.92. The smallest absolute Gasteiger partial charge is 0.253 e. The summed E-state index contributed by atoms with van der Waals surface area (Å²) in [6.45, 7) is 3.15. The summed E-state index contributed by atoms with van der Waals surface area (Å²) in [5, 5.41) is 15.0. The number of carbonyl (C=O) groups excluding carboxylic acids is 2.